The molecule has 22 heavy (non-hydrogen) atoms. The van der Waals surface area contributed by atoms with E-state index in [2.05, 4.69) is 29.5 Å². The number of hydrogen-bond donors (Lipinski definition) is 1. The zero-order valence-electron chi connectivity index (χ0n) is 13.4. The van der Waals surface area contributed by atoms with Crippen molar-refractivity contribution in [2.75, 3.05) is 19.6 Å². The molecule has 2 atom stereocenters. The van der Waals surface area contributed by atoms with Crippen molar-refractivity contribution in [1.82, 2.24) is 25.2 Å². The van der Waals surface area contributed by atoms with Gasteiger partial charge in [-0.15, -0.1) is 17.5 Å². The minimum Gasteiger partial charge on any atom is -0.334 e. The van der Waals surface area contributed by atoms with Gasteiger partial charge in [-0.1, -0.05) is 12.1 Å². The maximum absolute atomic E-state index is 12.6. The van der Waals surface area contributed by atoms with Crippen LogP contribution >= 0.6 is 12.4 Å². The molecule has 3 heterocycles. The fraction of sp³-hybridized carbons (Fsp3) is 0.800. The predicted molar refractivity (Wildman–Crippen MR) is 87.3 cm³/mol. The Morgan fingerprint density at radius 2 is 1.95 bits per heavy atom. The van der Waals surface area contributed by atoms with Crippen molar-refractivity contribution in [3.63, 3.8) is 0 Å². The van der Waals surface area contributed by atoms with Crippen LogP contribution in [0.2, 0.25) is 0 Å². The fourth-order valence-electron chi connectivity index (χ4n) is 3.34. The third kappa shape index (κ3) is 3.60. The molecule has 1 N–H and O–H groups in total. The monoisotopic (exact) mass is 327 g/mol. The number of nitrogens with zero attached hydrogens (tertiary/aromatic N) is 4. The van der Waals surface area contributed by atoms with E-state index >= 15 is 0 Å². The fourth-order valence-corrected chi connectivity index (χ4v) is 3.34. The molecule has 1 aromatic rings. The van der Waals surface area contributed by atoms with Gasteiger partial charge in [0.2, 0.25) is 0 Å². The highest BCUT2D eigenvalue weighted by Crippen LogP contribution is 2.23. The molecule has 0 aromatic carbocycles. The van der Waals surface area contributed by atoms with Crippen LogP contribution < -0.4 is 5.32 Å². The second-order valence-corrected chi connectivity index (χ2v) is 6.55. The van der Waals surface area contributed by atoms with E-state index in [1.807, 2.05) is 15.8 Å². The Labute approximate surface area is 138 Å². The van der Waals surface area contributed by atoms with E-state index in [1.54, 1.807) is 0 Å². The summed E-state index contributed by atoms with van der Waals surface area (Å²) >= 11 is 0. The van der Waals surface area contributed by atoms with Gasteiger partial charge in [0.1, 0.15) is 0 Å². The number of piperidine rings is 2. The molecule has 0 saturated carbocycles. The largest absolute Gasteiger partial charge is 0.334 e. The molecule has 3 rings (SSSR count). The summed E-state index contributed by atoms with van der Waals surface area (Å²) in [5, 5.41) is 11.7. The van der Waals surface area contributed by atoms with Gasteiger partial charge in [-0.05, 0) is 51.6 Å². The van der Waals surface area contributed by atoms with Gasteiger partial charge in [-0.3, -0.25) is 4.79 Å². The highest BCUT2D eigenvalue weighted by Gasteiger charge is 2.29. The number of carbonyl (C=O) groups is 1. The summed E-state index contributed by atoms with van der Waals surface area (Å²) in [6, 6.07) is 0.677. The highest BCUT2D eigenvalue weighted by molar-refractivity contribution is 5.92. The number of hydrogen-bond acceptors (Lipinski definition) is 4. The van der Waals surface area contributed by atoms with Crippen LogP contribution in [0.15, 0.2) is 6.20 Å². The van der Waals surface area contributed by atoms with Crippen LogP contribution in [-0.4, -0.2) is 51.5 Å². The van der Waals surface area contributed by atoms with E-state index in [0.29, 0.717) is 23.7 Å². The van der Waals surface area contributed by atoms with E-state index in [-0.39, 0.29) is 18.3 Å². The first-order valence-electron chi connectivity index (χ1n) is 8.08. The summed E-state index contributed by atoms with van der Waals surface area (Å²) < 4.78 is 1.88. The summed E-state index contributed by atoms with van der Waals surface area (Å²) in [5.74, 6) is 0.610. The number of aromatic nitrogens is 3. The molecule has 2 saturated heterocycles. The predicted octanol–water partition coefficient (Wildman–Crippen LogP) is 1.89. The number of carbonyl (C=O) groups excluding carboxylic acids is 1. The molecule has 7 heteroatoms. The molecule has 0 radical (unpaired) electrons. The van der Waals surface area contributed by atoms with Crippen molar-refractivity contribution >= 4 is 18.3 Å². The minimum absolute atomic E-state index is 0. The van der Waals surface area contributed by atoms with Crippen LogP contribution in [0, 0.1) is 5.92 Å². The molecular weight excluding hydrogens is 302 g/mol. The van der Waals surface area contributed by atoms with Gasteiger partial charge >= 0.3 is 0 Å². The number of amides is 1. The summed E-state index contributed by atoms with van der Waals surface area (Å²) in [4.78, 5) is 14.6. The molecule has 124 valence electrons. The van der Waals surface area contributed by atoms with Crippen LogP contribution in [0.3, 0.4) is 0 Å². The molecule has 2 aliphatic heterocycles. The van der Waals surface area contributed by atoms with Gasteiger partial charge in [0.25, 0.3) is 5.91 Å². The Morgan fingerprint density at radius 3 is 2.68 bits per heavy atom. The molecule has 0 spiro atoms. The molecular formula is C15H26ClN5O. The van der Waals surface area contributed by atoms with Crippen LogP contribution in [0.1, 0.15) is 56.1 Å². The molecule has 0 aliphatic carbocycles. The topological polar surface area (TPSA) is 63.1 Å². The molecule has 0 bridgehead atoms. The normalized spacial score (nSPS) is 26.5. The number of likely N-dealkylation sites (tertiary alicyclic amines) is 1. The second kappa shape index (κ2) is 7.42. The zero-order chi connectivity index (χ0) is 14.8. The van der Waals surface area contributed by atoms with Crippen molar-refractivity contribution in [1.29, 1.82) is 0 Å². The van der Waals surface area contributed by atoms with Gasteiger partial charge in [0, 0.05) is 12.6 Å². The molecule has 6 nitrogen and oxygen atoms in total. The van der Waals surface area contributed by atoms with E-state index in [9.17, 15) is 4.79 Å². The van der Waals surface area contributed by atoms with E-state index in [1.165, 1.54) is 6.42 Å². The van der Waals surface area contributed by atoms with Crippen LogP contribution in [0.5, 0.6) is 0 Å². The lowest BCUT2D eigenvalue weighted by Gasteiger charge is -2.36. The molecule has 2 fully saturated rings. The van der Waals surface area contributed by atoms with Crippen LogP contribution in [0.4, 0.5) is 0 Å². The summed E-state index contributed by atoms with van der Waals surface area (Å²) in [7, 11) is 0. The number of nitrogens with one attached hydrogen (secondary N) is 1. The van der Waals surface area contributed by atoms with Crippen LogP contribution in [0.25, 0.3) is 0 Å². The van der Waals surface area contributed by atoms with Crippen molar-refractivity contribution in [3.8, 4) is 0 Å². The van der Waals surface area contributed by atoms with Gasteiger partial charge in [0.05, 0.1) is 12.2 Å². The molecule has 1 amide bonds. The Hall–Kier alpha value is -1.14. The first-order chi connectivity index (χ1) is 10.1. The first kappa shape index (κ1) is 17.2. The second-order valence-electron chi connectivity index (χ2n) is 6.55. The first-order valence-corrected chi connectivity index (χ1v) is 8.08. The van der Waals surface area contributed by atoms with Crippen molar-refractivity contribution in [2.45, 2.75) is 51.6 Å². The molecule has 2 unspecified atom stereocenters. The SMILES string of the molecule is CC1CCC(C)N(C(=O)c2cn(C3CCNCC3)nn2)C1.Cl. The van der Waals surface area contributed by atoms with Gasteiger partial charge in [-0.2, -0.15) is 0 Å². The van der Waals surface area contributed by atoms with E-state index in [0.717, 1.165) is 38.9 Å². The quantitative estimate of drug-likeness (QED) is 0.901. The maximum atomic E-state index is 12.6. The van der Waals surface area contributed by atoms with Crippen molar-refractivity contribution < 1.29 is 4.79 Å². The van der Waals surface area contributed by atoms with Crippen molar-refractivity contribution in [3.05, 3.63) is 11.9 Å². The maximum Gasteiger partial charge on any atom is 0.276 e. The Morgan fingerprint density at radius 1 is 1.23 bits per heavy atom. The average molecular weight is 328 g/mol. The van der Waals surface area contributed by atoms with Gasteiger partial charge in [0.15, 0.2) is 5.69 Å². The lowest BCUT2D eigenvalue weighted by Crippen LogP contribution is -2.45. The Balaban J connectivity index is 0.00000176. The lowest BCUT2D eigenvalue weighted by molar-refractivity contribution is 0.0568. The third-order valence-electron chi connectivity index (χ3n) is 4.79. The smallest absolute Gasteiger partial charge is 0.276 e. The number of rotatable bonds is 2. The Bertz CT molecular complexity index is 500. The number of halogens is 1. The molecule has 1 aromatic heterocycles. The zero-order valence-corrected chi connectivity index (χ0v) is 14.2. The lowest BCUT2D eigenvalue weighted by atomic mass is 9.95. The standard InChI is InChI=1S/C15H25N5O.ClH/c1-11-3-4-12(2)19(9-11)15(21)14-10-20(18-17-14)13-5-7-16-8-6-13;/h10-13,16H,3-9H2,1-2H3;1H. The van der Waals surface area contributed by atoms with Crippen molar-refractivity contribution in [2.24, 2.45) is 5.92 Å². The van der Waals surface area contributed by atoms with E-state index in [4.69, 9.17) is 0 Å². The third-order valence-corrected chi connectivity index (χ3v) is 4.79. The molecule has 2 aliphatic rings. The summed E-state index contributed by atoms with van der Waals surface area (Å²) in [5.41, 5.74) is 0.495. The van der Waals surface area contributed by atoms with E-state index < -0.39 is 0 Å². The Kier molecular flexibility index (Phi) is 5.81. The van der Waals surface area contributed by atoms with Gasteiger partial charge < -0.3 is 10.2 Å². The van der Waals surface area contributed by atoms with Gasteiger partial charge in [-0.25, -0.2) is 4.68 Å². The summed E-state index contributed by atoms with van der Waals surface area (Å²) in [6.45, 7) is 7.18. The minimum atomic E-state index is 0. The highest BCUT2D eigenvalue weighted by atomic mass is 35.5. The summed E-state index contributed by atoms with van der Waals surface area (Å²) in [6.07, 6.45) is 6.22. The van der Waals surface area contributed by atoms with Crippen LogP contribution in [-0.2, 0) is 0 Å². The average Bonchev–Trinajstić information content (AvgIpc) is 3.00.